The number of likely N-dealkylation sites (tertiary alicyclic amines) is 1. The summed E-state index contributed by atoms with van der Waals surface area (Å²) in [5.74, 6) is 0.209. The maximum atomic E-state index is 13.1. The lowest BCUT2D eigenvalue weighted by Gasteiger charge is -2.37. The van der Waals surface area contributed by atoms with Gasteiger partial charge in [0.15, 0.2) is 0 Å². The second-order valence-electron chi connectivity index (χ2n) is 7.29. The minimum Gasteiger partial charge on any atom is -0.379 e. The van der Waals surface area contributed by atoms with Gasteiger partial charge in [0.1, 0.15) is 5.69 Å². The first-order valence-electron chi connectivity index (χ1n) is 9.44. The average molecular weight is 333 g/mol. The van der Waals surface area contributed by atoms with Gasteiger partial charge in [0.05, 0.1) is 13.2 Å². The van der Waals surface area contributed by atoms with Gasteiger partial charge in [-0.05, 0) is 51.7 Å². The molecule has 1 aromatic heterocycles. The van der Waals surface area contributed by atoms with E-state index in [-0.39, 0.29) is 5.91 Å². The number of hydrogen-bond donors (Lipinski definition) is 0. The Labute approximate surface area is 145 Å². The van der Waals surface area contributed by atoms with E-state index in [1.807, 2.05) is 18.3 Å². The van der Waals surface area contributed by atoms with Crippen LogP contribution in [-0.2, 0) is 4.74 Å². The highest BCUT2D eigenvalue weighted by Gasteiger charge is 2.29. The molecule has 2 aliphatic rings. The third kappa shape index (κ3) is 4.01. The molecule has 2 aliphatic heterocycles. The number of carbonyl (C=O) groups excluding carboxylic acids is 1. The van der Waals surface area contributed by atoms with E-state index in [1.54, 1.807) is 0 Å². The quantitative estimate of drug-likeness (QED) is 0.831. The lowest BCUT2D eigenvalue weighted by atomic mass is 9.98. The van der Waals surface area contributed by atoms with Crippen molar-refractivity contribution in [3.63, 3.8) is 0 Å². The van der Waals surface area contributed by atoms with E-state index in [4.69, 9.17) is 4.74 Å². The van der Waals surface area contributed by atoms with Gasteiger partial charge in [0.25, 0.3) is 5.91 Å². The van der Waals surface area contributed by atoms with Crippen LogP contribution < -0.4 is 0 Å². The summed E-state index contributed by atoms with van der Waals surface area (Å²) in [6.07, 6.45) is 6.60. The molecule has 1 atom stereocenters. The Morgan fingerprint density at radius 1 is 1.25 bits per heavy atom. The molecule has 2 saturated heterocycles. The lowest BCUT2D eigenvalue weighted by molar-refractivity contribution is 0.0293. The number of nitrogens with zero attached hydrogens (tertiary/aromatic N) is 3. The summed E-state index contributed by atoms with van der Waals surface area (Å²) in [7, 11) is 0. The van der Waals surface area contributed by atoms with Crippen LogP contribution in [0.15, 0.2) is 18.3 Å². The minimum atomic E-state index is 0.209. The van der Waals surface area contributed by atoms with Crippen LogP contribution >= 0.6 is 0 Å². The smallest absolute Gasteiger partial charge is 0.270 e. The highest BCUT2D eigenvalue weighted by molar-refractivity contribution is 5.93. The normalized spacial score (nSPS) is 23.0. The van der Waals surface area contributed by atoms with Crippen molar-refractivity contribution in [2.45, 2.75) is 51.6 Å². The molecule has 3 rings (SSSR count). The van der Waals surface area contributed by atoms with E-state index in [2.05, 4.69) is 28.2 Å². The van der Waals surface area contributed by atoms with E-state index >= 15 is 0 Å². The predicted molar refractivity (Wildman–Crippen MR) is 95.4 cm³/mol. The first-order valence-corrected chi connectivity index (χ1v) is 9.44. The zero-order valence-electron chi connectivity index (χ0n) is 15.1. The summed E-state index contributed by atoms with van der Waals surface area (Å²) in [6, 6.07) is 4.65. The second kappa shape index (κ2) is 8.17. The molecule has 0 radical (unpaired) electrons. The molecule has 1 unspecified atom stereocenters. The summed E-state index contributed by atoms with van der Waals surface area (Å²) in [4.78, 5) is 17.7. The number of piperidine rings is 1. The Kier molecular flexibility index (Phi) is 5.95. The number of aromatic nitrogens is 1. The van der Waals surface area contributed by atoms with Crippen LogP contribution in [0.5, 0.6) is 0 Å². The van der Waals surface area contributed by atoms with Crippen molar-refractivity contribution in [1.29, 1.82) is 0 Å². The highest BCUT2D eigenvalue weighted by Crippen LogP contribution is 2.23. The van der Waals surface area contributed by atoms with Crippen LogP contribution in [0.25, 0.3) is 0 Å². The highest BCUT2D eigenvalue weighted by atomic mass is 16.5. The molecular weight excluding hydrogens is 302 g/mol. The maximum Gasteiger partial charge on any atom is 0.270 e. The first-order chi connectivity index (χ1) is 11.7. The van der Waals surface area contributed by atoms with Crippen molar-refractivity contribution in [2.75, 3.05) is 39.4 Å². The average Bonchev–Trinajstić information content (AvgIpc) is 3.10. The Morgan fingerprint density at radius 2 is 2.04 bits per heavy atom. The largest absolute Gasteiger partial charge is 0.379 e. The fourth-order valence-electron chi connectivity index (χ4n) is 3.90. The van der Waals surface area contributed by atoms with Gasteiger partial charge >= 0.3 is 0 Å². The molecule has 0 bridgehead atoms. The second-order valence-corrected chi connectivity index (χ2v) is 7.29. The summed E-state index contributed by atoms with van der Waals surface area (Å²) in [5, 5.41) is 0. The Hall–Kier alpha value is -1.33. The number of morpholine rings is 1. The van der Waals surface area contributed by atoms with Crippen molar-refractivity contribution in [3.05, 3.63) is 24.0 Å². The summed E-state index contributed by atoms with van der Waals surface area (Å²) in [5.41, 5.74) is 0.836. The van der Waals surface area contributed by atoms with Crippen molar-refractivity contribution < 1.29 is 9.53 Å². The van der Waals surface area contributed by atoms with Gasteiger partial charge < -0.3 is 14.2 Å². The third-order valence-corrected chi connectivity index (χ3v) is 5.32. The topological polar surface area (TPSA) is 37.7 Å². The molecule has 0 aromatic carbocycles. The van der Waals surface area contributed by atoms with Gasteiger partial charge in [-0.15, -0.1) is 0 Å². The van der Waals surface area contributed by atoms with Gasteiger partial charge in [-0.25, -0.2) is 0 Å². The van der Waals surface area contributed by atoms with Gasteiger partial charge in [0.2, 0.25) is 0 Å². The maximum absolute atomic E-state index is 13.1. The van der Waals surface area contributed by atoms with Crippen LogP contribution in [0, 0.1) is 0 Å². The summed E-state index contributed by atoms with van der Waals surface area (Å²) >= 11 is 0. The van der Waals surface area contributed by atoms with Crippen LogP contribution in [0.3, 0.4) is 0 Å². The summed E-state index contributed by atoms with van der Waals surface area (Å²) in [6.45, 7) is 9.96. The predicted octanol–water partition coefficient (Wildman–Crippen LogP) is 2.79. The summed E-state index contributed by atoms with van der Waals surface area (Å²) < 4.78 is 7.52. The molecule has 2 fully saturated rings. The molecule has 134 valence electrons. The van der Waals surface area contributed by atoms with Gasteiger partial charge in [-0.2, -0.15) is 0 Å². The zero-order chi connectivity index (χ0) is 16.9. The van der Waals surface area contributed by atoms with E-state index in [0.717, 1.165) is 64.3 Å². The van der Waals surface area contributed by atoms with Gasteiger partial charge in [0, 0.05) is 44.5 Å². The zero-order valence-corrected chi connectivity index (χ0v) is 15.1. The molecule has 24 heavy (non-hydrogen) atoms. The fraction of sp³-hybridized carbons (Fsp3) is 0.737. The number of hydrogen-bond acceptors (Lipinski definition) is 3. The molecule has 0 N–H and O–H groups in total. The lowest BCUT2D eigenvalue weighted by Crippen LogP contribution is -2.46. The standard InChI is InChI=1S/C19H31N3O2/c1-16(2)21-10-5-7-18(21)19(23)22-9-4-3-6-17(22)8-11-20-12-14-24-15-13-20/h5,7,10,16-17H,3-4,6,8-9,11-15H2,1-2H3. The molecule has 3 heterocycles. The SMILES string of the molecule is CC(C)n1cccc1C(=O)N1CCCCC1CCN1CCOCC1. The molecule has 5 heteroatoms. The van der Waals surface area contributed by atoms with Crippen LogP contribution in [0.1, 0.15) is 56.1 Å². The number of rotatable bonds is 5. The third-order valence-electron chi connectivity index (χ3n) is 5.32. The number of ether oxygens (including phenoxy) is 1. The van der Waals surface area contributed by atoms with Crippen molar-refractivity contribution in [2.24, 2.45) is 0 Å². The van der Waals surface area contributed by atoms with E-state index < -0.39 is 0 Å². The Morgan fingerprint density at radius 3 is 2.79 bits per heavy atom. The number of amides is 1. The van der Waals surface area contributed by atoms with Crippen molar-refractivity contribution >= 4 is 5.91 Å². The van der Waals surface area contributed by atoms with E-state index in [0.29, 0.717) is 12.1 Å². The monoisotopic (exact) mass is 333 g/mol. The van der Waals surface area contributed by atoms with E-state index in [1.165, 1.54) is 6.42 Å². The van der Waals surface area contributed by atoms with Crippen LogP contribution in [0.4, 0.5) is 0 Å². The van der Waals surface area contributed by atoms with E-state index in [9.17, 15) is 4.79 Å². The fourth-order valence-corrected chi connectivity index (χ4v) is 3.90. The Bertz CT molecular complexity index is 534. The van der Waals surface area contributed by atoms with Crippen LogP contribution in [0.2, 0.25) is 0 Å². The molecule has 1 aromatic rings. The minimum absolute atomic E-state index is 0.209. The molecule has 0 spiro atoms. The van der Waals surface area contributed by atoms with Gasteiger partial charge in [-0.1, -0.05) is 0 Å². The van der Waals surface area contributed by atoms with Crippen molar-refractivity contribution in [3.8, 4) is 0 Å². The first kappa shape index (κ1) is 17.5. The molecular formula is C19H31N3O2. The molecule has 5 nitrogen and oxygen atoms in total. The number of carbonyl (C=O) groups is 1. The molecule has 0 saturated carbocycles. The van der Waals surface area contributed by atoms with Gasteiger partial charge in [-0.3, -0.25) is 9.69 Å². The Balaban J connectivity index is 1.64. The van der Waals surface area contributed by atoms with Crippen LogP contribution in [-0.4, -0.2) is 65.7 Å². The molecule has 1 amide bonds. The van der Waals surface area contributed by atoms with Crippen molar-refractivity contribution in [1.82, 2.24) is 14.4 Å². The molecule has 0 aliphatic carbocycles.